The Bertz CT molecular complexity index is 891. The van der Waals surface area contributed by atoms with Crippen LogP contribution in [0.1, 0.15) is 24.2 Å². The fourth-order valence-electron chi connectivity index (χ4n) is 3.20. The van der Waals surface area contributed by atoms with Crippen LogP contribution in [-0.2, 0) is 13.1 Å². The number of nitrogens with zero attached hydrogens (tertiary/aromatic N) is 5. The highest BCUT2D eigenvalue weighted by Crippen LogP contribution is 2.11. The third-order valence-corrected chi connectivity index (χ3v) is 4.56. The van der Waals surface area contributed by atoms with E-state index in [1.807, 2.05) is 25.4 Å². The molecule has 0 saturated heterocycles. The van der Waals surface area contributed by atoms with Gasteiger partial charge in [0.05, 0.1) is 23.1 Å². The molecule has 2 N–H and O–H groups in total. The van der Waals surface area contributed by atoms with Crippen LogP contribution in [-0.4, -0.2) is 45.4 Å². The number of aryl methyl sites for hydroxylation is 4. The van der Waals surface area contributed by atoms with E-state index < -0.39 is 0 Å². The number of nitrogens with one attached hydrogen (secondary N) is 2. The van der Waals surface area contributed by atoms with Crippen molar-refractivity contribution >= 4 is 17.0 Å². The molecule has 0 atom stereocenters. The van der Waals surface area contributed by atoms with Crippen LogP contribution in [0.4, 0.5) is 0 Å². The molecule has 0 aliphatic carbocycles. The van der Waals surface area contributed by atoms with E-state index in [-0.39, 0.29) is 0 Å². The van der Waals surface area contributed by atoms with Crippen molar-refractivity contribution in [2.45, 2.75) is 39.8 Å². The maximum atomic E-state index is 4.49. The predicted molar refractivity (Wildman–Crippen MR) is 110 cm³/mol. The number of imidazole rings is 1. The summed E-state index contributed by atoms with van der Waals surface area (Å²) in [7, 11) is 1.81. The van der Waals surface area contributed by atoms with Crippen LogP contribution in [0, 0.1) is 13.8 Å². The first-order chi connectivity index (χ1) is 13.2. The van der Waals surface area contributed by atoms with Gasteiger partial charge in [-0.15, -0.1) is 0 Å². The maximum absolute atomic E-state index is 4.49. The number of guanidine groups is 1. The van der Waals surface area contributed by atoms with Crippen LogP contribution >= 0.6 is 0 Å². The Morgan fingerprint density at radius 2 is 1.81 bits per heavy atom. The lowest BCUT2D eigenvalue weighted by Gasteiger charge is -2.12. The first-order valence-electron chi connectivity index (χ1n) is 9.53. The van der Waals surface area contributed by atoms with E-state index in [0.717, 1.165) is 56.2 Å². The number of aliphatic imine (C=N–C) groups is 1. The van der Waals surface area contributed by atoms with Crippen LogP contribution in [0.5, 0.6) is 0 Å². The van der Waals surface area contributed by atoms with E-state index in [1.165, 1.54) is 11.2 Å². The van der Waals surface area contributed by atoms with Gasteiger partial charge < -0.3 is 15.2 Å². The summed E-state index contributed by atoms with van der Waals surface area (Å²) in [5.41, 5.74) is 4.51. The zero-order valence-electron chi connectivity index (χ0n) is 16.4. The zero-order valence-corrected chi connectivity index (χ0v) is 16.4. The van der Waals surface area contributed by atoms with Gasteiger partial charge in [0, 0.05) is 38.9 Å². The van der Waals surface area contributed by atoms with Crippen molar-refractivity contribution in [1.82, 2.24) is 30.0 Å². The van der Waals surface area contributed by atoms with E-state index >= 15 is 0 Å². The fraction of sp³-hybridized carbons (Fsp3) is 0.450. The Kier molecular flexibility index (Phi) is 6.46. The molecule has 0 radical (unpaired) electrons. The molecule has 0 bridgehead atoms. The van der Waals surface area contributed by atoms with Crippen LogP contribution in [0.3, 0.4) is 0 Å². The van der Waals surface area contributed by atoms with E-state index in [1.54, 1.807) is 7.05 Å². The van der Waals surface area contributed by atoms with Crippen LogP contribution in [0.2, 0.25) is 0 Å². The number of aromatic nitrogens is 4. The molecule has 2 heterocycles. The highest BCUT2D eigenvalue weighted by molar-refractivity contribution is 5.79. The smallest absolute Gasteiger partial charge is 0.190 e. The van der Waals surface area contributed by atoms with Gasteiger partial charge in [-0.2, -0.15) is 5.10 Å². The molecular formula is C20H29N7. The van der Waals surface area contributed by atoms with E-state index in [4.69, 9.17) is 0 Å². The first-order valence-corrected chi connectivity index (χ1v) is 9.53. The summed E-state index contributed by atoms with van der Waals surface area (Å²) in [5.74, 6) is 0.846. The summed E-state index contributed by atoms with van der Waals surface area (Å²) < 4.78 is 4.25. The second-order valence-corrected chi connectivity index (χ2v) is 6.71. The van der Waals surface area contributed by atoms with Crippen LogP contribution in [0.15, 0.2) is 41.7 Å². The second kappa shape index (κ2) is 9.21. The normalized spacial score (nSPS) is 11.9. The van der Waals surface area contributed by atoms with Gasteiger partial charge in [-0.05, 0) is 44.9 Å². The highest BCUT2D eigenvalue weighted by Gasteiger charge is 2.03. The minimum Gasteiger partial charge on any atom is -0.356 e. The Labute approximate surface area is 160 Å². The van der Waals surface area contributed by atoms with Gasteiger partial charge in [-0.3, -0.25) is 9.67 Å². The molecule has 7 heteroatoms. The lowest BCUT2D eigenvalue weighted by atomic mass is 10.3. The molecule has 0 fully saturated rings. The van der Waals surface area contributed by atoms with Crippen molar-refractivity contribution < 1.29 is 0 Å². The molecule has 3 aromatic rings. The SMILES string of the molecule is CN=C(NCCCn1nc(C)cc1C)NCCCn1cnc2ccccc21. The third-order valence-electron chi connectivity index (χ3n) is 4.56. The molecule has 7 nitrogen and oxygen atoms in total. The summed E-state index contributed by atoms with van der Waals surface area (Å²) >= 11 is 0. The van der Waals surface area contributed by atoms with Crippen molar-refractivity contribution in [3.8, 4) is 0 Å². The van der Waals surface area contributed by atoms with Gasteiger partial charge >= 0.3 is 0 Å². The van der Waals surface area contributed by atoms with Crippen molar-refractivity contribution in [3.63, 3.8) is 0 Å². The van der Waals surface area contributed by atoms with Crippen molar-refractivity contribution in [2.24, 2.45) is 4.99 Å². The van der Waals surface area contributed by atoms with E-state index in [2.05, 4.69) is 60.1 Å². The minimum atomic E-state index is 0.846. The maximum Gasteiger partial charge on any atom is 0.190 e. The number of hydrogen-bond acceptors (Lipinski definition) is 3. The van der Waals surface area contributed by atoms with Crippen molar-refractivity contribution in [1.29, 1.82) is 0 Å². The topological polar surface area (TPSA) is 72.1 Å². The molecule has 27 heavy (non-hydrogen) atoms. The number of rotatable bonds is 8. The molecule has 3 rings (SSSR count). The number of hydrogen-bond donors (Lipinski definition) is 2. The van der Waals surface area contributed by atoms with Crippen LogP contribution < -0.4 is 10.6 Å². The monoisotopic (exact) mass is 367 g/mol. The summed E-state index contributed by atoms with van der Waals surface area (Å²) in [6.07, 6.45) is 3.92. The Balaban J connectivity index is 1.35. The Morgan fingerprint density at radius 3 is 2.52 bits per heavy atom. The van der Waals surface area contributed by atoms with E-state index in [0.29, 0.717) is 0 Å². The van der Waals surface area contributed by atoms with E-state index in [9.17, 15) is 0 Å². The molecule has 1 aromatic carbocycles. The average molecular weight is 368 g/mol. The average Bonchev–Trinajstić information content (AvgIpc) is 3.23. The van der Waals surface area contributed by atoms with Gasteiger partial charge in [-0.25, -0.2) is 4.98 Å². The molecule has 2 aromatic heterocycles. The van der Waals surface area contributed by atoms with Gasteiger partial charge in [0.25, 0.3) is 0 Å². The minimum absolute atomic E-state index is 0.846. The Morgan fingerprint density at radius 1 is 1.07 bits per heavy atom. The first kappa shape index (κ1) is 18.9. The molecule has 0 amide bonds. The summed E-state index contributed by atoms with van der Waals surface area (Å²) in [5, 5.41) is 11.2. The summed E-state index contributed by atoms with van der Waals surface area (Å²) in [6.45, 7) is 7.70. The van der Waals surface area contributed by atoms with Gasteiger partial charge in [0.15, 0.2) is 5.96 Å². The van der Waals surface area contributed by atoms with Gasteiger partial charge in [-0.1, -0.05) is 12.1 Å². The highest BCUT2D eigenvalue weighted by atomic mass is 15.3. The summed E-state index contributed by atoms with van der Waals surface area (Å²) in [6, 6.07) is 10.3. The molecule has 0 spiro atoms. The van der Waals surface area contributed by atoms with Gasteiger partial charge in [0.2, 0.25) is 0 Å². The third kappa shape index (κ3) is 5.09. The molecule has 0 unspecified atom stereocenters. The molecule has 144 valence electrons. The molecule has 0 aliphatic heterocycles. The fourth-order valence-corrected chi connectivity index (χ4v) is 3.20. The zero-order chi connectivity index (χ0) is 19.1. The molecular weight excluding hydrogens is 338 g/mol. The number of benzene rings is 1. The quantitative estimate of drug-likeness (QED) is 0.364. The lowest BCUT2D eigenvalue weighted by Crippen LogP contribution is -2.38. The van der Waals surface area contributed by atoms with Crippen LogP contribution in [0.25, 0.3) is 11.0 Å². The number of para-hydroxylation sites is 2. The second-order valence-electron chi connectivity index (χ2n) is 6.71. The van der Waals surface area contributed by atoms with Gasteiger partial charge in [0.1, 0.15) is 0 Å². The molecule has 0 saturated carbocycles. The Hall–Kier alpha value is -2.83. The molecule has 0 aliphatic rings. The number of fused-ring (bicyclic) bond motifs is 1. The standard InChI is InChI=1S/C20H29N7/c1-16-14-17(2)27(25-16)13-7-11-23-20(21-3)22-10-6-12-26-15-24-18-8-4-5-9-19(18)26/h4-5,8-9,14-15H,6-7,10-13H2,1-3H3,(H2,21,22,23). The largest absolute Gasteiger partial charge is 0.356 e. The van der Waals surface area contributed by atoms with Crippen molar-refractivity contribution in [2.75, 3.05) is 20.1 Å². The van der Waals surface area contributed by atoms with Crippen molar-refractivity contribution in [3.05, 3.63) is 48.0 Å². The lowest BCUT2D eigenvalue weighted by molar-refractivity contribution is 0.554. The predicted octanol–water partition coefficient (Wildman–Crippen LogP) is 2.50. The summed E-state index contributed by atoms with van der Waals surface area (Å²) in [4.78, 5) is 8.72.